The summed E-state index contributed by atoms with van der Waals surface area (Å²) in [6.45, 7) is 4.28. The number of ether oxygens (including phenoxy) is 1. The molecule has 1 heterocycles. The van der Waals surface area contributed by atoms with Gasteiger partial charge >= 0.3 is 0 Å². The van der Waals surface area contributed by atoms with E-state index in [4.69, 9.17) is 4.74 Å². The largest absolute Gasteiger partial charge is 0.439 e. The molecule has 30 heavy (non-hydrogen) atoms. The van der Waals surface area contributed by atoms with E-state index in [0.29, 0.717) is 23.6 Å². The second-order valence-electron chi connectivity index (χ2n) is 7.33. The number of nitrogens with zero attached hydrogens (tertiary/aromatic N) is 1. The summed E-state index contributed by atoms with van der Waals surface area (Å²) < 4.78 is 28.8. The SMILES string of the molecule is Cc1ccc(C)c(Oc2ccc(CNC(=O)c3cccc(CS(C)(=O)=O)c3)cn2)c1. The zero-order valence-electron chi connectivity index (χ0n) is 17.2. The number of rotatable bonds is 7. The van der Waals surface area contributed by atoms with E-state index in [0.717, 1.165) is 22.4 Å². The van der Waals surface area contributed by atoms with Crippen LogP contribution in [0.2, 0.25) is 0 Å². The monoisotopic (exact) mass is 424 g/mol. The van der Waals surface area contributed by atoms with Gasteiger partial charge in [-0.3, -0.25) is 4.79 Å². The number of carbonyl (C=O) groups excluding carboxylic acids is 1. The Hall–Kier alpha value is -3.19. The van der Waals surface area contributed by atoms with Crippen LogP contribution in [0.5, 0.6) is 11.6 Å². The van der Waals surface area contributed by atoms with Crippen molar-refractivity contribution in [1.29, 1.82) is 0 Å². The molecule has 0 unspecified atom stereocenters. The Morgan fingerprint density at radius 1 is 1.03 bits per heavy atom. The quantitative estimate of drug-likeness (QED) is 0.620. The molecule has 0 saturated carbocycles. The topological polar surface area (TPSA) is 85.4 Å². The molecule has 0 bridgehead atoms. The molecule has 1 amide bonds. The van der Waals surface area contributed by atoms with E-state index in [1.54, 1.807) is 36.5 Å². The van der Waals surface area contributed by atoms with Crippen LogP contribution in [-0.2, 0) is 22.1 Å². The number of aromatic nitrogens is 1. The van der Waals surface area contributed by atoms with Crippen LogP contribution in [0.25, 0.3) is 0 Å². The second kappa shape index (κ2) is 9.09. The number of amides is 1. The van der Waals surface area contributed by atoms with Crippen LogP contribution >= 0.6 is 0 Å². The maximum atomic E-state index is 12.4. The average molecular weight is 425 g/mol. The standard InChI is InChI=1S/C23H24N2O4S/c1-16-7-8-17(2)21(11-16)29-22-10-9-19(13-24-22)14-25-23(26)20-6-4-5-18(12-20)15-30(3,27)28/h4-13H,14-15H2,1-3H3,(H,25,26). The molecule has 6 nitrogen and oxygen atoms in total. The lowest BCUT2D eigenvalue weighted by atomic mass is 10.1. The summed E-state index contributed by atoms with van der Waals surface area (Å²) in [5, 5.41) is 2.82. The molecule has 3 rings (SSSR count). The molecule has 0 aliphatic rings. The molecule has 0 fully saturated rings. The molecule has 3 aromatic rings. The van der Waals surface area contributed by atoms with Crippen LogP contribution in [-0.4, -0.2) is 25.6 Å². The molecule has 2 aromatic carbocycles. The van der Waals surface area contributed by atoms with E-state index in [9.17, 15) is 13.2 Å². The first kappa shape index (κ1) is 21.5. The third kappa shape index (κ3) is 6.15. The van der Waals surface area contributed by atoms with Gasteiger partial charge in [0, 0.05) is 30.6 Å². The highest BCUT2D eigenvalue weighted by Gasteiger charge is 2.10. The summed E-state index contributed by atoms with van der Waals surface area (Å²) in [6.07, 6.45) is 2.82. The van der Waals surface area contributed by atoms with Crippen molar-refractivity contribution in [3.8, 4) is 11.6 Å². The third-order valence-electron chi connectivity index (χ3n) is 4.43. The summed E-state index contributed by atoms with van der Waals surface area (Å²) in [7, 11) is -3.16. The van der Waals surface area contributed by atoms with Gasteiger partial charge in [-0.2, -0.15) is 0 Å². The van der Waals surface area contributed by atoms with Crippen molar-refractivity contribution in [2.24, 2.45) is 0 Å². The van der Waals surface area contributed by atoms with Crippen LogP contribution in [0, 0.1) is 13.8 Å². The van der Waals surface area contributed by atoms with Crippen molar-refractivity contribution >= 4 is 15.7 Å². The smallest absolute Gasteiger partial charge is 0.251 e. The molecule has 0 spiro atoms. The van der Waals surface area contributed by atoms with Crippen molar-refractivity contribution < 1.29 is 17.9 Å². The van der Waals surface area contributed by atoms with Crippen molar-refractivity contribution in [3.05, 3.63) is 88.6 Å². The van der Waals surface area contributed by atoms with Gasteiger partial charge in [-0.15, -0.1) is 0 Å². The number of hydrogen-bond acceptors (Lipinski definition) is 5. The highest BCUT2D eigenvalue weighted by Crippen LogP contribution is 2.24. The minimum atomic E-state index is -3.16. The Kier molecular flexibility index (Phi) is 6.52. The maximum absolute atomic E-state index is 12.4. The Morgan fingerprint density at radius 2 is 1.83 bits per heavy atom. The van der Waals surface area contributed by atoms with Gasteiger partial charge in [0.05, 0.1) is 5.75 Å². The van der Waals surface area contributed by atoms with Crippen molar-refractivity contribution in [3.63, 3.8) is 0 Å². The first-order chi connectivity index (χ1) is 14.2. The first-order valence-electron chi connectivity index (χ1n) is 9.44. The van der Waals surface area contributed by atoms with Gasteiger partial charge in [-0.1, -0.05) is 30.3 Å². The fourth-order valence-electron chi connectivity index (χ4n) is 2.90. The fraction of sp³-hybridized carbons (Fsp3) is 0.217. The van der Waals surface area contributed by atoms with E-state index in [2.05, 4.69) is 10.3 Å². The lowest BCUT2D eigenvalue weighted by Crippen LogP contribution is -2.23. The molecule has 0 radical (unpaired) electrons. The number of pyridine rings is 1. The molecule has 1 aromatic heterocycles. The lowest BCUT2D eigenvalue weighted by Gasteiger charge is -2.10. The van der Waals surface area contributed by atoms with Crippen LogP contribution < -0.4 is 10.1 Å². The van der Waals surface area contributed by atoms with E-state index < -0.39 is 9.84 Å². The van der Waals surface area contributed by atoms with E-state index in [1.807, 2.05) is 38.1 Å². The van der Waals surface area contributed by atoms with Crippen LogP contribution in [0.15, 0.2) is 60.8 Å². The zero-order chi connectivity index (χ0) is 21.7. The Balaban J connectivity index is 1.60. The van der Waals surface area contributed by atoms with Crippen LogP contribution in [0.3, 0.4) is 0 Å². The normalized spacial score (nSPS) is 11.2. The molecule has 0 aliphatic carbocycles. The van der Waals surface area contributed by atoms with Gasteiger partial charge in [-0.25, -0.2) is 13.4 Å². The Labute approximate surface area is 176 Å². The predicted molar refractivity (Wildman–Crippen MR) is 116 cm³/mol. The number of carbonyl (C=O) groups is 1. The number of benzene rings is 2. The van der Waals surface area contributed by atoms with Crippen LogP contribution in [0.4, 0.5) is 0 Å². The number of aryl methyl sites for hydroxylation is 2. The summed E-state index contributed by atoms with van der Waals surface area (Å²) in [6, 6.07) is 16.2. The van der Waals surface area contributed by atoms with Crippen molar-refractivity contribution in [2.45, 2.75) is 26.1 Å². The number of nitrogens with one attached hydrogen (secondary N) is 1. The van der Waals surface area contributed by atoms with Crippen molar-refractivity contribution in [1.82, 2.24) is 10.3 Å². The predicted octanol–water partition coefficient (Wildman–Crippen LogP) is 3.97. The van der Waals surface area contributed by atoms with E-state index in [1.165, 1.54) is 6.26 Å². The van der Waals surface area contributed by atoms with E-state index >= 15 is 0 Å². The lowest BCUT2D eigenvalue weighted by molar-refractivity contribution is 0.0950. The minimum absolute atomic E-state index is 0.0973. The van der Waals surface area contributed by atoms with Gasteiger partial charge in [0.15, 0.2) is 9.84 Å². The van der Waals surface area contributed by atoms with Gasteiger partial charge in [-0.05, 0) is 54.3 Å². The molecule has 0 saturated heterocycles. The van der Waals surface area contributed by atoms with E-state index in [-0.39, 0.29) is 11.7 Å². The highest BCUT2D eigenvalue weighted by atomic mass is 32.2. The van der Waals surface area contributed by atoms with Gasteiger partial charge in [0.1, 0.15) is 5.75 Å². The fourth-order valence-corrected chi connectivity index (χ4v) is 3.68. The third-order valence-corrected chi connectivity index (χ3v) is 5.28. The van der Waals surface area contributed by atoms with Gasteiger partial charge < -0.3 is 10.1 Å². The molecule has 0 aliphatic heterocycles. The van der Waals surface area contributed by atoms with Gasteiger partial charge in [0.2, 0.25) is 5.88 Å². The van der Waals surface area contributed by atoms with Crippen molar-refractivity contribution in [2.75, 3.05) is 6.26 Å². The summed E-state index contributed by atoms with van der Waals surface area (Å²) in [5.41, 5.74) is 3.95. The second-order valence-corrected chi connectivity index (χ2v) is 9.47. The Bertz CT molecular complexity index is 1160. The first-order valence-corrected chi connectivity index (χ1v) is 11.5. The maximum Gasteiger partial charge on any atom is 0.251 e. The molecule has 1 N–H and O–H groups in total. The number of hydrogen-bond donors (Lipinski definition) is 1. The molecular weight excluding hydrogens is 400 g/mol. The summed E-state index contributed by atoms with van der Waals surface area (Å²) >= 11 is 0. The van der Waals surface area contributed by atoms with Gasteiger partial charge in [0.25, 0.3) is 5.91 Å². The Morgan fingerprint density at radius 3 is 2.53 bits per heavy atom. The molecule has 7 heteroatoms. The average Bonchev–Trinajstić information content (AvgIpc) is 2.69. The highest BCUT2D eigenvalue weighted by molar-refractivity contribution is 7.89. The minimum Gasteiger partial charge on any atom is -0.439 e. The molecule has 0 atom stereocenters. The molecule has 156 valence electrons. The van der Waals surface area contributed by atoms with Crippen LogP contribution in [0.1, 0.15) is 32.6 Å². The summed E-state index contributed by atoms with van der Waals surface area (Å²) in [5.74, 6) is 0.866. The summed E-state index contributed by atoms with van der Waals surface area (Å²) in [4.78, 5) is 16.7. The molecular formula is C23H24N2O4S. The zero-order valence-corrected chi connectivity index (χ0v) is 18.0. The number of sulfone groups is 1.